The molecule has 3 heterocycles. The molecule has 0 saturated carbocycles. The highest BCUT2D eigenvalue weighted by molar-refractivity contribution is 7.18. The number of thiophene rings is 1. The van der Waals surface area contributed by atoms with Gasteiger partial charge in [0.1, 0.15) is 0 Å². The van der Waals surface area contributed by atoms with Crippen molar-refractivity contribution in [3.05, 3.63) is 88.4 Å². The SMILES string of the molecule is Cc1ccccc1Nc1c(C(=O)N2CCC(c3ccccc3)CC2)cnc2c(C(=O)O)csc12. The summed E-state index contributed by atoms with van der Waals surface area (Å²) < 4.78 is 0.672. The summed E-state index contributed by atoms with van der Waals surface area (Å²) in [5.41, 5.74) is 4.85. The lowest BCUT2D eigenvalue weighted by atomic mass is 9.89. The van der Waals surface area contributed by atoms with Crippen LogP contribution in [0.3, 0.4) is 0 Å². The van der Waals surface area contributed by atoms with Crippen molar-refractivity contribution >= 4 is 44.8 Å². The summed E-state index contributed by atoms with van der Waals surface area (Å²) >= 11 is 1.29. The number of hydrogen-bond donors (Lipinski definition) is 2. The molecule has 5 rings (SSSR count). The van der Waals surface area contributed by atoms with Gasteiger partial charge in [0.15, 0.2) is 0 Å². The molecule has 4 aromatic rings. The zero-order chi connectivity index (χ0) is 23.7. The van der Waals surface area contributed by atoms with Crippen LogP contribution in [0.25, 0.3) is 10.2 Å². The van der Waals surface area contributed by atoms with Crippen LogP contribution in [-0.2, 0) is 0 Å². The monoisotopic (exact) mass is 471 g/mol. The lowest BCUT2D eigenvalue weighted by molar-refractivity contribution is 0.0695. The minimum absolute atomic E-state index is 0.0812. The van der Waals surface area contributed by atoms with Crippen molar-refractivity contribution in [3.63, 3.8) is 0 Å². The fraction of sp³-hybridized carbons (Fsp3) is 0.222. The number of aromatic nitrogens is 1. The molecule has 1 fully saturated rings. The topological polar surface area (TPSA) is 82.5 Å². The fourth-order valence-corrected chi connectivity index (χ4v) is 5.57. The number of pyridine rings is 1. The molecule has 0 unspecified atom stereocenters. The molecule has 1 aliphatic rings. The second kappa shape index (κ2) is 9.27. The number of carbonyl (C=O) groups excluding carboxylic acids is 1. The summed E-state index contributed by atoms with van der Waals surface area (Å²) in [4.78, 5) is 31.6. The molecule has 0 radical (unpaired) electrons. The van der Waals surface area contributed by atoms with E-state index >= 15 is 0 Å². The van der Waals surface area contributed by atoms with Gasteiger partial charge in [-0.25, -0.2) is 4.79 Å². The standard InChI is InChI=1S/C27H25N3O3S/c1-17-7-5-6-10-22(17)29-24-20(15-28-23-21(27(32)33)16-34-25(23)24)26(31)30-13-11-19(12-14-30)18-8-3-2-4-9-18/h2-10,15-16,19H,11-14H2,1H3,(H,28,29)(H,32,33). The molecule has 0 atom stereocenters. The van der Waals surface area contributed by atoms with Gasteiger partial charge in [-0.15, -0.1) is 11.3 Å². The number of carboxylic acid groups (broad SMARTS) is 1. The molecule has 2 aromatic carbocycles. The van der Waals surface area contributed by atoms with Gasteiger partial charge in [-0.1, -0.05) is 48.5 Å². The molecular weight excluding hydrogens is 446 g/mol. The maximum absolute atomic E-state index is 13.7. The van der Waals surface area contributed by atoms with Crippen molar-refractivity contribution in [2.24, 2.45) is 0 Å². The van der Waals surface area contributed by atoms with E-state index < -0.39 is 5.97 Å². The van der Waals surface area contributed by atoms with Crippen molar-refractivity contribution in [3.8, 4) is 0 Å². The Morgan fingerprint density at radius 3 is 2.44 bits per heavy atom. The Hall–Kier alpha value is -3.71. The number of aromatic carboxylic acids is 1. The Morgan fingerprint density at radius 1 is 1.03 bits per heavy atom. The lowest BCUT2D eigenvalue weighted by Crippen LogP contribution is -2.38. The molecule has 0 aliphatic carbocycles. The van der Waals surface area contributed by atoms with Gasteiger partial charge in [-0.3, -0.25) is 9.78 Å². The number of nitrogens with one attached hydrogen (secondary N) is 1. The van der Waals surface area contributed by atoms with Gasteiger partial charge in [0.05, 0.1) is 27.0 Å². The van der Waals surface area contributed by atoms with Crippen molar-refractivity contribution < 1.29 is 14.7 Å². The van der Waals surface area contributed by atoms with Crippen LogP contribution in [0.4, 0.5) is 11.4 Å². The quantitative estimate of drug-likeness (QED) is 0.369. The molecule has 7 heteroatoms. The third kappa shape index (κ3) is 4.15. The molecule has 0 spiro atoms. The summed E-state index contributed by atoms with van der Waals surface area (Å²) in [7, 11) is 0. The number of aryl methyl sites for hydroxylation is 1. The van der Waals surface area contributed by atoms with Gasteiger partial charge < -0.3 is 15.3 Å². The van der Waals surface area contributed by atoms with E-state index in [4.69, 9.17) is 0 Å². The molecule has 1 saturated heterocycles. The van der Waals surface area contributed by atoms with Crippen molar-refractivity contribution in [1.29, 1.82) is 0 Å². The van der Waals surface area contributed by atoms with Crippen LogP contribution in [0.5, 0.6) is 0 Å². The number of likely N-dealkylation sites (tertiary alicyclic amines) is 1. The minimum atomic E-state index is -1.03. The number of para-hydroxylation sites is 1. The van der Waals surface area contributed by atoms with Crippen LogP contribution in [-0.4, -0.2) is 40.0 Å². The van der Waals surface area contributed by atoms with E-state index in [-0.39, 0.29) is 11.5 Å². The number of carboxylic acids is 1. The van der Waals surface area contributed by atoms with Gasteiger partial charge in [0, 0.05) is 30.4 Å². The first kappa shape index (κ1) is 22.1. The van der Waals surface area contributed by atoms with Crippen LogP contribution in [0.2, 0.25) is 0 Å². The maximum Gasteiger partial charge on any atom is 0.338 e. The Kier molecular flexibility index (Phi) is 6.02. The molecule has 0 bridgehead atoms. The average molecular weight is 472 g/mol. The smallest absolute Gasteiger partial charge is 0.338 e. The van der Waals surface area contributed by atoms with Crippen LogP contribution >= 0.6 is 11.3 Å². The minimum Gasteiger partial charge on any atom is -0.478 e. The van der Waals surface area contributed by atoms with Crippen LogP contribution in [0.1, 0.15) is 50.6 Å². The Morgan fingerprint density at radius 2 is 1.74 bits per heavy atom. The first-order valence-corrected chi connectivity index (χ1v) is 12.2. The molecule has 2 aromatic heterocycles. The molecule has 172 valence electrons. The van der Waals surface area contributed by atoms with Crippen LogP contribution in [0.15, 0.2) is 66.2 Å². The molecule has 1 amide bonds. The molecule has 6 nitrogen and oxygen atoms in total. The average Bonchev–Trinajstić information content (AvgIpc) is 3.31. The first-order chi connectivity index (χ1) is 16.5. The van der Waals surface area contributed by atoms with Crippen LogP contribution < -0.4 is 5.32 Å². The molecule has 1 aliphatic heterocycles. The van der Waals surface area contributed by atoms with Crippen LogP contribution in [0, 0.1) is 6.92 Å². The van der Waals surface area contributed by atoms with Crippen molar-refractivity contribution in [2.75, 3.05) is 18.4 Å². The number of amides is 1. The summed E-state index contributed by atoms with van der Waals surface area (Å²) in [5.74, 6) is -0.657. The number of nitrogens with zero attached hydrogens (tertiary/aromatic N) is 2. The molecule has 34 heavy (non-hydrogen) atoms. The second-order valence-electron chi connectivity index (χ2n) is 8.60. The third-order valence-electron chi connectivity index (χ3n) is 6.50. The summed E-state index contributed by atoms with van der Waals surface area (Å²) in [5, 5.41) is 14.6. The number of carbonyl (C=O) groups is 2. The van der Waals surface area contributed by atoms with Crippen molar-refractivity contribution in [2.45, 2.75) is 25.7 Å². The zero-order valence-corrected chi connectivity index (χ0v) is 19.6. The number of piperidine rings is 1. The summed E-state index contributed by atoms with van der Waals surface area (Å²) in [6.45, 7) is 3.34. The number of hydrogen-bond acceptors (Lipinski definition) is 5. The largest absolute Gasteiger partial charge is 0.478 e. The van der Waals surface area contributed by atoms with Gasteiger partial charge in [-0.2, -0.15) is 0 Å². The fourth-order valence-electron chi connectivity index (χ4n) is 4.57. The van der Waals surface area contributed by atoms with E-state index in [1.807, 2.05) is 42.2 Å². The zero-order valence-electron chi connectivity index (χ0n) is 18.8. The number of fused-ring (bicyclic) bond motifs is 1. The number of anilines is 2. The molecular formula is C27H25N3O3S. The van der Waals surface area contributed by atoms with Gasteiger partial charge in [-0.05, 0) is 42.9 Å². The Labute approximate surface area is 201 Å². The Bertz CT molecular complexity index is 1360. The first-order valence-electron chi connectivity index (χ1n) is 11.3. The molecule has 2 N–H and O–H groups in total. The van der Waals surface area contributed by atoms with Gasteiger partial charge in [0.25, 0.3) is 5.91 Å². The van der Waals surface area contributed by atoms with E-state index in [0.717, 1.165) is 24.1 Å². The highest BCUT2D eigenvalue weighted by atomic mass is 32.1. The van der Waals surface area contributed by atoms with Gasteiger partial charge in [0.2, 0.25) is 0 Å². The van der Waals surface area contributed by atoms with E-state index in [9.17, 15) is 14.7 Å². The van der Waals surface area contributed by atoms with Crippen molar-refractivity contribution in [1.82, 2.24) is 9.88 Å². The predicted molar refractivity (Wildman–Crippen MR) is 135 cm³/mol. The number of benzene rings is 2. The van der Waals surface area contributed by atoms with E-state index in [1.54, 1.807) is 5.38 Å². The highest BCUT2D eigenvalue weighted by Crippen LogP contribution is 2.37. The normalized spacial score (nSPS) is 14.3. The van der Waals surface area contributed by atoms with E-state index in [1.165, 1.54) is 23.1 Å². The summed E-state index contributed by atoms with van der Waals surface area (Å²) in [6, 6.07) is 18.3. The predicted octanol–water partition coefficient (Wildman–Crippen LogP) is 6.07. The second-order valence-corrected chi connectivity index (χ2v) is 9.48. The van der Waals surface area contributed by atoms with E-state index in [0.29, 0.717) is 40.5 Å². The van der Waals surface area contributed by atoms with E-state index in [2.05, 4.69) is 34.6 Å². The third-order valence-corrected chi connectivity index (χ3v) is 7.49. The Balaban J connectivity index is 1.48. The maximum atomic E-state index is 13.7. The number of rotatable bonds is 5. The van der Waals surface area contributed by atoms with Gasteiger partial charge >= 0.3 is 5.97 Å². The lowest BCUT2D eigenvalue weighted by Gasteiger charge is -2.32. The highest BCUT2D eigenvalue weighted by Gasteiger charge is 2.28. The summed E-state index contributed by atoms with van der Waals surface area (Å²) in [6.07, 6.45) is 3.34.